The highest BCUT2D eigenvalue weighted by Crippen LogP contribution is 2.34. The number of anilines is 1. The molecule has 8 aromatic carbocycles. The molecule has 2 atom stereocenters. The molecule has 3 N–H and O–H groups in total. The summed E-state index contributed by atoms with van der Waals surface area (Å²) in [6, 6.07) is 66.1. The molecular formula is C122H179N3O12S3. The van der Waals surface area contributed by atoms with Crippen LogP contribution in [0.3, 0.4) is 0 Å². The van der Waals surface area contributed by atoms with Crippen LogP contribution in [0.25, 0.3) is 0 Å². The van der Waals surface area contributed by atoms with Crippen molar-refractivity contribution in [2.45, 2.75) is 352 Å². The van der Waals surface area contributed by atoms with Gasteiger partial charge in [0.1, 0.15) is 40.2 Å². The van der Waals surface area contributed by atoms with E-state index in [1.165, 1.54) is 227 Å². The van der Waals surface area contributed by atoms with Crippen LogP contribution < -0.4 is 43.9 Å². The molecule has 0 spiro atoms. The summed E-state index contributed by atoms with van der Waals surface area (Å²) in [5.41, 5.74) is 6.51. The third-order valence-corrected chi connectivity index (χ3v) is 31.5. The van der Waals surface area contributed by atoms with Crippen molar-refractivity contribution >= 4 is 43.8 Å². The summed E-state index contributed by atoms with van der Waals surface area (Å²) in [5, 5.41) is 14.0. The highest BCUT2D eigenvalue weighted by atomic mass is 32.2. The monoisotopic (exact) mass is 1970 g/mol. The zero-order valence-electron chi connectivity index (χ0n) is 87.3. The van der Waals surface area contributed by atoms with Crippen LogP contribution in [-0.2, 0) is 32.0 Å². The lowest BCUT2D eigenvalue weighted by Crippen LogP contribution is -2.18. The fraction of sp³-hybridized carbons (Fsp3) is 0.582. The van der Waals surface area contributed by atoms with Crippen molar-refractivity contribution in [2.24, 2.45) is 46.5 Å². The van der Waals surface area contributed by atoms with Crippen LogP contribution in [0.2, 0.25) is 0 Å². The van der Waals surface area contributed by atoms with E-state index in [0.717, 1.165) is 202 Å². The number of nitrogens with zero attached hydrogens (tertiary/aromatic N) is 2. The molecule has 15 nitrogen and oxygen atoms in total. The summed E-state index contributed by atoms with van der Waals surface area (Å²) < 4.78 is 83.0. The summed E-state index contributed by atoms with van der Waals surface area (Å²) in [4.78, 5) is 4.88. The van der Waals surface area contributed by atoms with Gasteiger partial charge in [-0.15, -0.1) is 11.8 Å². The van der Waals surface area contributed by atoms with Crippen molar-refractivity contribution in [2.75, 3.05) is 88.6 Å². The first-order valence-electron chi connectivity index (χ1n) is 54.7. The number of nitrogens with two attached hydrogens (primary N) is 1. The molecule has 6 aliphatic carbocycles. The summed E-state index contributed by atoms with van der Waals surface area (Å²) in [7, 11) is -1.90. The third kappa shape index (κ3) is 49.7. The van der Waals surface area contributed by atoms with E-state index in [2.05, 4.69) is 155 Å². The molecule has 8 aromatic rings. The molecule has 140 heavy (non-hydrogen) atoms. The zero-order chi connectivity index (χ0) is 99.4. The lowest BCUT2D eigenvalue weighted by molar-refractivity contribution is 0.116. The van der Waals surface area contributed by atoms with E-state index in [-0.39, 0.29) is 5.75 Å². The zero-order valence-corrected chi connectivity index (χ0v) is 89.8. The summed E-state index contributed by atoms with van der Waals surface area (Å²) in [6.45, 7) is 23.0. The van der Waals surface area contributed by atoms with Crippen molar-refractivity contribution in [3.8, 4) is 52.1 Å². The van der Waals surface area contributed by atoms with E-state index >= 15 is 0 Å². The van der Waals surface area contributed by atoms with Gasteiger partial charge in [-0.25, -0.2) is 8.42 Å². The molecule has 0 radical (unpaired) electrons. The Bertz CT molecular complexity index is 4770. The summed E-state index contributed by atoms with van der Waals surface area (Å²) in [5.74, 6) is 24.7. The Labute approximate surface area is 855 Å². The van der Waals surface area contributed by atoms with E-state index in [1.54, 1.807) is 18.2 Å². The summed E-state index contributed by atoms with van der Waals surface area (Å²) >= 11 is 1.92. The maximum absolute atomic E-state index is 12.0. The predicted molar refractivity (Wildman–Crippen MR) is 589 cm³/mol. The van der Waals surface area contributed by atoms with Crippen LogP contribution in [0, 0.1) is 47.3 Å². The number of rotatable bonds is 46. The fourth-order valence-corrected chi connectivity index (χ4v) is 21.9. The topological polar surface area (TPSA) is 187 Å². The van der Waals surface area contributed by atoms with Crippen LogP contribution in [-0.4, -0.2) is 107 Å². The molecular weight excluding hydrogens is 1800 g/mol. The first kappa shape index (κ1) is 117. The Kier molecular flexibility index (Phi) is 60.7. The smallest absolute Gasteiger partial charge is 0.178 e. The average molecular weight is 1980 g/mol. The Morgan fingerprint density at radius 3 is 1.39 bits per heavy atom. The number of sulfone groups is 1. The Morgan fingerprint density at radius 2 is 0.900 bits per heavy atom. The number of hydrogen-bond acceptors (Lipinski definition) is 16. The molecule has 6 aliphatic rings. The van der Waals surface area contributed by atoms with Gasteiger partial charge in [0.25, 0.3) is 0 Å². The van der Waals surface area contributed by atoms with E-state index in [9.17, 15) is 17.7 Å². The molecule has 772 valence electrons. The van der Waals surface area contributed by atoms with Crippen molar-refractivity contribution in [1.29, 1.82) is 0 Å². The largest absolute Gasteiger partial charge is 0.494 e. The molecule has 6 fully saturated rings. The molecule has 0 amide bonds. The molecule has 18 heteroatoms. The van der Waals surface area contributed by atoms with Gasteiger partial charge in [0.2, 0.25) is 0 Å². The SMILES string of the molecule is CCCC#Cc1cccc(OCC2CCCCC2)c1.CCCC(=NN)c1cccc(OCC2CCCCC2)c1.CCCC(O)c1cccc(OCCCCCOCc2ccccc2)c1.CCCN(C)c1cccc(OCC2CCCCC2)c1.CCCS(=O)(=O)c1cccc(OCC2CCCCC2)c1.CCCS(=O)c1cccc(OCC2CCCCC2)c1.CCCSc1cccc(OCC2CCCCC2)c1. The number of hydrogen-bond donors (Lipinski definition) is 2. The number of ether oxygens (including phenoxy) is 8. The second kappa shape index (κ2) is 72.8. The minimum Gasteiger partial charge on any atom is -0.494 e. The van der Waals surface area contributed by atoms with E-state index in [0.29, 0.717) is 48.7 Å². The Hall–Kier alpha value is -8.44. The van der Waals surface area contributed by atoms with Gasteiger partial charge in [0.15, 0.2) is 9.84 Å². The van der Waals surface area contributed by atoms with Gasteiger partial charge >= 0.3 is 0 Å². The second-order valence-electron chi connectivity index (χ2n) is 39.2. The maximum Gasteiger partial charge on any atom is 0.178 e. The van der Waals surface area contributed by atoms with Gasteiger partial charge < -0.3 is 53.7 Å². The molecule has 0 saturated heterocycles. The molecule has 0 bridgehead atoms. The molecule has 0 heterocycles. The van der Waals surface area contributed by atoms with Gasteiger partial charge in [-0.05, 0) is 303 Å². The highest BCUT2D eigenvalue weighted by molar-refractivity contribution is 7.99. The van der Waals surface area contributed by atoms with Gasteiger partial charge in [-0.2, -0.15) is 5.10 Å². The fourth-order valence-electron chi connectivity index (χ4n) is 18.6. The second-order valence-corrected chi connectivity index (χ2v) is 44.1. The maximum atomic E-state index is 12.0. The standard InChI is InChI=1S/C22H30O3.C18H24O.C17H26N2O.C17H27NO.C16H24O3S.C16H24O2S.C16H24OS/c1-2-10-22(23)20-13-9-14-21(17-20)25-16-8-4-7-15-24-18-19-11-5-3-6-12-19;1-2-3-5-9-16-12-8-13-18(14-16)19-15-17-10-6-4-7-11-17;1-2-7-17(19-18)15-10-6-11-16(12-15)20-13-14-8-4-3-5-9-14;1-3-12-18(2)16-10-7-11-17(13-16)19-14-15-8-5-4-6-9-15;1-2-11-20(17,18)16-10-6-9-15(12-16)19-13-14-7-4-3-5-8-14;1-2-11-19(17)16-10-6-9-15(12-16)18-13-14-7-4-3-5-8-14;1-2-11-18-16-10-6-9-15(12-16)17-13-14-7-4-3-5-8-14/h3,5-6,9,11-14,17,22-23H,2,4,7-8,10,15-16,18H2,1H3;8,12-14,17H,2-4,6-7,10-11,15H2,1H3;6,10-12,14H,2-5,7-9,13,18H2,1H3;7,10-11,13,15H,3-6,8-9,12,14H2,1-2H3;6,9-10,12,14H,2-5,7-8,11,13H2,1H3;6,9-10,12,14H,2-5,7-8,11,13H2,1H3;6,9-10,12,14H,2-5,7-8,11,13H2,1H3. The number of aliphatic hydroxyl groups excluding tert-OH is 1. The van der Waals surface area contributed by atoms with E-state index in [4.69, 9.17) is 43.7 Å². The number of aliphatic hydroxyl groups is 1. The number of hydrazone groups is 1. The molecule has 6 saturated carbocycles. The quantitative estimate of drug-likeness (QED) is 0.00915. The molecule has 14 rings (SSSR count). The normalized spacial score (nSPS) is 16.0. The average Bonchev–Trinajstić information content (AvgIpc) is 0.834. The van der Waals surface area contributed by atoms with Crippen molar-refractivity contribution < 1.29 is 55.6 Å². The Balaban J connectivity index is 0.000000201. The lowest BCUT2D eigenvalue weighted by Gasteiger charge is -2.23. The minimum absolute atomic E-state index is 0.194. The van der Waals surface area contributed by atoms with Gasteiger partial charge in [-0.1, -0.05) is 274 Å². The van der Waals surface area contributed by atoms with Gasteiger partial charge in [0.05, 0.1) is 86.1 Å². The molecule has 0 aliphatic heterocycles. The van der Waals surface area contributed by atoms with Crippen LogP contribution in [0.5, 0.6) is 40.2 Å². The van der Waals surface area contributed by atoms with Crippen LogP contribution in [0.4, 0.5) is 5.69 Å². The number of unbranched alkanes of at least 4 members (excludes halogenated alkanes) is 3. The van der Waals surface area contributed by atoms with E-state index < -0.39 is 26.7 Å². The van der Waals surface area contributed by atoms with Gasteiger partial charge in [-0.3, -0.25) is 4.21 Å². The van der Waals surface area contributed by atoms with Crippen LogP contribution in [0.15, 0.2) is 220 Å². The van der Waals surface area contributed by atoms with E-state index in [1.807, 2.05) is 116 Å². The van der Waals surface area contributed by atoms with Gasteiger partial charge in [0, 0.05) is 65.0 Å². The lowest BCUT2D eigenvalue weighted by atomic mass is 9.90. The van der Waals surface area contributed by atoms with Crippen molar-refractivity contribution in [3.05, 3.63) is 222 Å². The highest BCUT2D eigenvalue weighted by Gasteiger charge is 2.22. The number of thioether (sulfide) groups is 1. The van der Waals surface area contributed by atoms with Crippen molar-refractivity contribution in [1.82, 2.24) is 0 Å². The molecule has 2 unspecified atom stereocenters. The van der Waals surface area contributed by atoms with Crippen molar-refractivity contribution in [3.63, 3.8) is 0 Å². The Morgan fingerprint density at radius 1 is 0.443 bits per heavy atom. The molecule has 0 aromatic heterocycles. The predicted octanol–water partition coefficient (Wildman–Crippen LogP) is 31.8. The minimum atomic E-state index is -3.16. The summed E-state index contributed by atoms with van der Waals surface area (Å²) in [6.07, 6.45) is 52.8. The van der Waals surface area contributed by atoms with Crippen LogP contribution in [0.1, 0.15) is 353 Å². The first-order chi connectivity index (χ1) is 68.6. The first-order valence-corrected chi connectivity index (χ1v) is 58.7. The third-order valence-electron chi connectivity index (χ3n) is 26.8. The van der Waals surface area contributed by atoms with Crippen LogP contribution >= 0.6 is 11.8 Å². The number of benzene rings is 8.